The molecule has 0 spiro atoms. The fraction of sp³-hybridized carbons (Fsp3) is 0.789. The number of imidazole rings is 1. The Kier molecular flexibility index (Phi) is 7.41. The van der Waals surface area contributed by atoms with Crippen LogP contribution in [0.25, 0.3) is 0 Å². The minimum atomic E-state index is -4.93. The van der Waals surface area contributed by atoms with Crippen molar-refractivity contribution in [3.8, 4) is 0 Å². The number of aromatic nitrogens is 2. The average Bonchev–Trinajstić information content (AvgIpc) is 3.04. The summed E-state index contributed by atoms with van der Waals surface area (Å²) in [5, 5.41) is 15.4. The molecule has 3 atom stereocenters. The van der Waals surface area contributed by atoms with Crippen LogP contribution in [0.5, 0.6) is 0 Å². The molecule has 11 heteroatoms. The summed E-state index contributed by atoms with van der Waals surface area (Å²) in [6.07, 6.45) is -3.03. The quantitative estimate of drug-likeness (QED) is 0.607. The summed E-state index contributed by atoms with van der Waals surface area (Å²) in [5.74, 6) is -0.520. The predicted molar refractivity (Wildman–Crippen MR) is 105 cm³/mol. The lowest BCUT2D eigenvalue weighted by molar-refractivity contribution is -0.272. The van der Waals surface area contributed by atoms with E-state index in [9.17, 15) is 23.1 Å². The standard InChI is InChI=1S/C19H32F3N5O3/c1-13-10-27(11-14(2)30-13)17(3,4)12-25-16(28)24-7-6-18(29,19(20,21)22)15-23-8-9-26(15)5/h8-9,13-14,29H,6-7,10-12H2,1-5H3,(H2,24,25,28). The highest BCUT2D eigenvalue weighted by molar-refractivity contribution is 5.73. The number of morpholine rings is 1. The number of amides is 2. The Morgan fingerprint density at radius 1 is 1.27 bits per heavy atom. The van der Waals surface area contributed by atoms with Gasteiger partial charge in [0.15, 0.2) is 0 Å². The summed E-state index contributed by atoms with van der Waals surface area (Å²) in [6, 6.07) is -0.596. The first-order valence-corrected chi connectivity index (χ1v) is 9.95. The zero-order valence-corrected chi connectivity index (χ0v) is 18.1. The number of rotatable bonds is 7. The Hall–Kier alpha value is -1.85. The molecule has 0 aromatic carbocycles. The molecule has 172 valence electrons. The van der Waals surface area contributed by atoms with Crippen molar-refractivity contribution < 1.29 is 27.8 Å². The molecule has 2 heterocycles. The van der Waals surface area contributed by atoms with Crippen LogP contribution in [0.1, 0.15) is 39.9 Å². The van der Waals surface area contributed by atoms with Gasteiger partial charge in [0, 0.05) is 57.6 Å². The molecular formula is C19H32F3N5O3. The second kappa shape index (κ2) is 9.11. The van der Waals surface area contributed by atoms with Gasteiger partial charge < -0.3 is 25.0 Å². The van der Waals surface area contributed by atoms with E-state index in [2.05, 4.69) is 20.5 Å². The molecule has 1 saturated heterocycles. The van der Waals surface area contributed by atoms with Gasteiger partial charge in [0.1, 0.15) is 5.82 Å². The van der Waals surface area contributed by atoms with Crippen molar-refractivity contribution in [1.29, 1.82) is 0 Å². The smallest absolute Gasteiger partial charge is 0.374 e. The fourth-order valence-electron chi connectivity index (χ4n) is 3.64. The number of aryl methyl sites for hydroxylation is 1. The summed E-state index contributed by atoms with van der Waals surface area (Å²) in [4.78, 5) is 18.0. The summed E-state index contributed by atoms with van der Waals surface area (Å²) < 4.78 is 47.3. The number of urea groups is 1. The summed E-state index contributed by atoms with van der Waals surface area (Å²) in [7, 11) is 1.37. The van der Waals surface area contributed by atoms with E-state index in [1.807, 2.05) is 27.7 Å². The summed E-state index contributed by atoms with van der Waals surface area (Å²) in [6.45, 7) is 9.33. The van der Waals surface area contributed by atoms with Crippen LogP contribution >= 0.6 is 0 Å². The number of alkyl halides is 3. The van der Waals surface area contributed by atoms with E-state index in [1.165, 1.54) is 19.4 Å². The molecule has 0 radical (unpaired) electrons. The minimum Gasteiger partial charge on any atom is -0.374 e. The molecular weight excluding hydrogens is 403 g/mol. The number of halogens is 3. The molecule has 8 nitrogen and oxygen atoms in total. The Labute approximate surface area is 174 Å². The maximum Gasteiger partial charge on any atom is 0.424 e. The van der Waals surface area contributed by atoms with Crippen molar-refractivity contribution in [2.45, 2.75) is 63.6 Å². The number of aliphatic hydroxyl groups is 1. The zero-order valence-electron chi connectivity index (χ0n) is 18.1. The minimum absolute atomic E-state index is 0.0769. The maximum absolute atomic E-state index is 13.5. The molecule has 1 aromatic heterocycles. The van der Waals surface area contributed by atoms with Gasteiger partial charge in [-0.2, -0.15) is 13.2 Å². The number of hydrogen-bond donors (Lipinski definition) is 3. The highest BCUT2D eigenvalue weighted by Crippen LogP contribution is 2.40. The first-order valence-electron chi connectivity index (χ1n) is 9.95. The highest BCUT2D eigenvalue weighted by Gasteiger charge is 2.57. The molecule has 1 aromatic rings. The lowest BCUT2D eigenvalue weighted by Crippen LogP contribution is -2.59. The fourth-order valence-corrected chi connectivity index (χ4v) is 3.64. The molecule has 3 N–H and O–H groups in total. The predicted octanol–water partition coefficient (Wildman–Crippen LogP) is 1.75. The van der Waals surface area contributed by atoms with Crippen LogP contribution in [0.4, 0.5) is 18.0 Å². The zero-order chi connectivity index (χ0) is 22.7. The third-order valence-corrected chi connectivity index (χ3v) is 5.39. The summed E-state index contributed by atoms with van der Waals surface area (Å²) >= 11 is 0. The third kappa shape index (κ3) is 5.64. The number of nitrogens with zero attached hydrogens (tertiary/aromatic N) is 3. The van der Waals surface area contributed by atoms with Crippen molar-refractivity contribution in [3.05, 3.63) is 18.2 Å². The Morgan fingerprint density at radius 3 is 2.37 bits per heavy atom. The van der Waals surface area contributed by atoms with E-state index in [4.69, 9.17) is 4.74 Å². The third-order valence-electron chi connectivity index (χ3n) is 5.39. The number of carbonyl (C=O) groups excluding carboxylic acids is 1. The number of ether oxygens (including phenoxy) is 1. The van der Waals surface area contributed by atoms with Gasteiger partial charge in [0.25, 0.3) is 0 Å². The SMILES string of the molecule is CC1CN(C(C)(C)CNC(=O)NCCC(O)(c2nccn2C)C(F)(F)F)CC(C)O1. The van der Waals surface area contributed by atoms with Gasteiger partial charge in [-0.05, 0) is 27.7 Å². The number of hydrogen-bond acceptors (Lipinski definition) is 5. The first-order chi connectivity index (χ1) is 13.8. The second-order valence-corrected chi connectivity index (χ2v) is 8.55. The van der Waals surface area contributed by atoms with Gasteiger partial charge >= 0.3 is 12.2 Å². The van der Waals surface area contributed by atoms with Gasteiger partial charge in [-0.3, -0.25) is 4.90 Å². The topological polar surface area (TPSA) is 91.7 Å². The van der Waals surface area contributed by atoms with Crippen LogP contribution < -0.4 is 10.6 Å². The largest absolute Gasteiger partial charge is 0.424 e. The molecule has 1 aliphatic heterocycles. The average molecular weight is 435 g/mol. The lowest BCUT2D eigenvalue weighted by Gasteiger charge is -2.45. The van der Waals surface area contributed by atoms with Crippen molar-refractivity contribution in [1.82, 2.24) is 25.1 Å². The van der Waals surface area contributed by atoms with Crippen molar-refractivity contribution in [2.75, 3.05) is 26.2 Å². The molecule has 0 saturated carbocycles. The van der Waals surface area contributed by atoms with Crippen LogP contribution in [0.3, 0.4) is 0 Å². The van der Waals surface area contributed by atoms with E-state index < -0.39 is 30.1 Å². The van der Waals surface area contributed by atoms with Crippen LogP contribution in [-0.2, 0) is 17.4 Å². The Bertz CT molecular complexity index is 715. The van der Waals surface area contributed by atoms with Crippen LogP contribution in [0.2, 0.25) is 0 Å². The molecule has 1 aliphatic rings. The van der Waals surface area contributed by atoms with Gasteiger partial charge in [0.2, 0.25) is 5.60 Å². The molecule has 0 aliphatic carbocycles. The summed E-state index contributed by atoms with van der Waals surface area (Å²) in [5.41, 5.74) is -3.51. The Morgan fingerprint density at radius 2 is 1.87 bits per heavy atom. The monoisotopic (exact) mass is 435 g/mol. The lowest BCUT2D eigenvalue weighted by atomic mass is 9.97. The highest BCUT2D eigenvalue weighted by atomic mass is 19.4. The molecule has 2 rings (SSSR count). The molecule has 3 unspecified atom stereocenters. The maximum atomic E-state index is 13.5. The van der Waals surface area contributed by atoms with E-state index in [0.717, 1.165) is 17.7 Å². The van der Waals surface area contributed by atoms with Gasteiger partial charge in [0.05, 0.1) is 12.2 Å². The molecule has 2 amide bonds. The van der Waals surface area contributed by atoms with Gasteiger partial charge in [-0.25, -0.2) is 9.78 Å². The number of nitrogens with one attached hydrogen (secondary N) is 2. The van der Waals surface area contributed by atoms with E-state index in [0.29, 0.717) is 6.54 Å². The van der Waals surface area contributed by atoms with E-state index in [1.54, 1.807) is 0 Å². The first kappa shape index (κ1) is 24.4. The van der Waals surface area contributed by atoms with Gasteiger partial charge in [-0.1, -0.05) is 0 Å². The van der Waals surface area contributed by atoms with Crippen LogP contribution in [0.15, 0.2) is 12.4 Å². The van der Waals surface area contributed by atoms with Crippen molar-refractivity contribution in [2.24, 2.45) is 7.05 Å². The number of carbonyl (C=O) groups is 1. The van der Waals surface area contributed by atoms with Crippen LogP contribution in [-0.4, -0.2) is 75.7 Å². The molecule has 0 bridgehead atoms. The van der Waals surface area contributed by atoms with Gasteiger partial charge in [-0.15, -0.1) is 0 Å². The van der Waals surface area contributed by atoms with Crippen LogP contribution in [0, 0.1) is 0 Å². The van der Waals surface area contributed by atoms with E-state index in [-0.39, 0.29) is 24.3 Å². The molecule has 1 fully saturated rings. The van der Waals surface area contributed by atoms with Crippen molar-refractivity contribution in [3.63, 3.8) is 0 Å². The van der Waals surface area contributed by atoms with E-state index >= 15 is 0 Å². The Balaban J connectivity index is 1.88. The van der Waals surface area contributed by atoms with Crippen molar-refractivity contribution >= 4 is 6.03 Å². The molecule has 30 heavy (non-hydrogen) atoms. The second-order valence-electron chi connectivity index (χ2n) is 8.55. The normalized spacial score (nSPS) is 23.1.